The molecule has 0 unspecified atom stereocenters. The molecule has 0 aromatic heterocycles. The van der Waals surface area contributed by atoms with Gasteiger partial charge in [0, 0.05) is 51.1 Å². The molecular formula is C14H27N3O3. The fraction of sp³-hybridized carbons (Fsp3) is 0.857. The first-order chi connectivity index (χ1) is 9.31. The summed E-state index contributed by atoms with van der Waals surface area (Å²) < 4.78 is 0. The summed E-state index contributed by atoms with van der Waals surface area (Å²) >= 11 is 0. The molecule has 1 fully saturated rings. The highest BCUT2D eigenvalue weighted by Gasteiger charge is 2.29. The summed E-state index contributed by atoms with van der Waals surface area (Å²) in [5.74, 6) is -0.913. The topological polar surface area (TPSA) is 72.9 Å². The molecule has 1 aliphatic heterocycles. The van der Waals surface area contributed by atoms with Crippen molar-refractivity contribution in [3.8, 4) is 0 Å². The van der Waals surface area contributed by atoms with Gasteiger partial charge in [-0.3, -0.25) is 14.5 Å². The maximum atomic E-state index is 11.7. The third kappa shape index (κ3) is 5.88. The molecule has 1 amide bonds. The molecule has 0 aromatic rings. The van der Waals surface area contributed by atoms with Crippen LogP contribution in [-0.2, 0) is 9.59 Å². The van der Waals surface area contributed by atoms with Crippen molar-refractivity contribution in [2.45, 2.75) is 38.6 Å². The lowest BCUT2D eigenvalue weighted by molar-refractivity contribution is -0.137. The van der Waals surface area contributed by atoms with Gasteiger partial charge in [0.05, 0.1) is 0 Å². The Morgan fingerprint density at radius 2 is 1.75 bits per heavy atom. The van der Waals surface area contributed by atoms with Gasteiger partial charge in [-0.2, -0.15) is 0 Å². The molecule has 0 atom stereocenters. The summed E-state index contributed by atoms with van der Waals surface area (Å²) in [6, 6.07) is 0. The van der Waals surface area contributed by atoms with E-state index in [0.29, 0.717) is 13.0 Å². The van der Waals surface area contributed by atoms with Gasteiger partial charge in [-0.1, -0.05) is 0 Å². The number of carbonyl (C=O) groups is 2. The van der Waals surface area contributed by atoms with E-state index in [1.54, 1.807) is 0 Å². The van der Waals surface area contributed by atoms with Gasteiger partial charge < -0.3 is 15.3 Å². The van der Waals surface area contributed by atoms with Crippen LogP contribution in [-0.4, -0.2) is 72.1 Å². The monoisotopic (exact) mass is 285 g/mol. The maximum Gasteiger partial charge on any atom is 0.303 e. The van der Waals surface area contributed by atoms with Crippen LogP contribution in [0.1, 0.15) is 33.1 Å². The zero-order valence-corrected chi connectivity index (χ0v) is 12.8. The number of carboxylic acid groups (broad SMARTS) is 1. The first-order valence-corrected chi connectivity index (χ1v) is 7.23. The van der Waals surface area contributed by atoms with Crippen molar-refractivity contribution in [1.82, 2.24) is 15.1 Å². The van der Waals surface area contributed by atoms with Gasteiger partial charge in [0.25, 0.3) is 0 Å². The van der Waals surface area contributed by atoms with Crippen molar-refractivity contribution in [1.29, 1.82) is 0 Å². The van der Waals surface area contributed by atoms with Crippen LogP contribution in [0.3, 0.4) is 0 Å². The highest BCUT2D eigenvalue weighted by molar-refractivity contribution is 5.76. The number of nitrogens with one attached hydrogen (secondary N) is 1. The second-order valence-corrected chi connectivity index (χ2v) is 6.13. The molecule has 0 saturated carbocycles. The van der Waals surface area contributed by atoms with Gasteiger partial charge in [-0.05, 0) is 27.3 Å². The minimum absolute atomic E-state index is 0.0509. The molecule has 0 aliphatic carbocycles. The predicted octanol–water partition coefficient (Wildman–Crippen LogP) is 0.384. The average molecular weight is 285 g/mol. The van der Waals surface area contributed by atoms with Crippen LogP contribution in [0.5, 0.6) is 0 Å². The van der Waals surface area contributed by atoms with E-state index >= 15 is 0 Å². The molecular weight excluding hydrogens is 258 g/mol. The Labute approximate surface area is 121 Å². The third-order valence-corrected chi connectivity index (χ3v) is 3.87. The summed E-state index contributed by atoms with van der Waals surface area (Å²) in [6.07, 6.45) is 0.733. The Balaban J connectivity index is 2.28. The van der Waals surface area contributed by atoms with Crippen LogP contribution >= 0.6 is 0 Å². The highest BCUT2D eigenvalue weighted by atomic mass is 16.4. The number of likely N-dealkylation sites (N-methyl/N-ethyl adjacent to an activating group) is 1. The quantitative estimate of drug-likeness (QED) is 0.707. The molecule has 20 heavy (non-hydrogen) atoms. The molecule has 0 bridgehead atoms. The average Bonchev–Trinajstić information content (AvgIpc) is 2.36. The van der Waals surface area contributed by atoms with Gasteiger partial charge in [0.1, 0.15) is 0 Å². The molecule has 1 heterocycles. The van der Waals surface area contributed by atoms with E-state index in [0.717, 1.165) is 26.2 Å². The van der Waals surface area contributed by atoms with E-state index in [2.05, 4.69) is 36.0 Å². The molecule has 2 N–H and O–H groups in total. The number of carbonyl (C=O) groups excluding carboxylic acids is 1. The zero-order chi connectivity index (χ0) is 15.2. The zero-order valence-electron chi connectivity index (χ0n) is 12.8. The number of hydrogen-bond acceptors (Lipinski definition) is 4. The normalized spacial score (nSPS) is 17.9. The number of rotatable bonds is 7. The van der Waals surface area contributed by atoms with E-state index in [-0.39, 0.29) is 24.3 Å². The van der Waals surface area contributed by atoms with Crippen LogP contribution in [0.25, 0.3) is 0 Å². The minimum atomic E-state index is -0.851. The maximum absolute atomic E-state index is 11.7. The SMILES string of the molecule is CN1CCN(C(C)(C)CNC(=O)CCCC(=O)O)CC1. The second kappa shape index (κ2) is 7.59. The van der Waals surface area contributed by atoms with Crippen LogP contribution in [0.15, 0.2) is 0 Å². The molecule has 6 nitrogen and oxygen atoms in total. The van der Waals surface area contributed by atoms with Crippen molar-refractivity contribution in [3.05, 3.63) is 0 Å². The van der Waals surface area contributed by atoms with Crippen LogP contribution in [0, 0.1) is 0 Å². The predicted molar refractivity (Wildman–Crippen MR) is 77.6 cm³/mol. The van der Waals surface area contributed by atoms with Gasteiger partial charge >= 0.3 is 5.97 Å². The minimum Gasteiger partial charge on any atom is -0.481 e. The van der Waals surface area contributed by atoms with Crippen molar-refractivity contribution in [3.63, 3.8) is 0 Å². The van der Waals surface area contributed by atoms with Crippen LogP contribution < -0.4 is 5.32 Å². The lowest BCUT2D eigenvalue weighted by Crippen LogP contribution is -2.57. The lowest BCUT2D eigenvalue weighted by atomic mass is 10.0. The molecule has 116 valence electrons. The van der Waals surface area contributed by atoms with Crippen LogP contribution in [0.4, 0.5) is 0 Å². The highest BCUT2D eigenvalue weighted by Crippen LogP contribution is 2.15. The van der Waals surface area contributed by atoms with Crippen molar-refractivity contribution in [2.24, 2.45) is 0 Å². The van der Waals surface area contributed by atoms with Crippen molar-refractivity contribution in [2.75, 3.05) is 39.8 Å². The number of aliphatic carboxylic acids is 1. The Morgan fingerprint density at radius 1 is 1.15 bits per heavy atom. The first-order valence-electron chi connectivity index (χ1n) is 7.23. The summed E-state index contributed by atoms with van der Waals surface area (Å²) in [7, 11) is 2.12. The number of carboxylic acids is 1. The van der Waals surface area contributed by atoms with Crippen LogP contribution in [0.2, 0.25) is 0 Å². The van der Waals surface area contributed by atoms with Crippen molar-refractivity contribution < 1.29 is 14.7 Å². The molecule has 0 spiro atoms. The molecule has 1 saturated heterocycles. The largest absolute Gasteiger partial charge is 0.481 e. The lowest BCUT2D eigenvalue weighted by Gasteiger charge is -2.43. The summed E-state index contributed by atoms with van der Waals surface area (Å²) in [5.41, 5.74) is -0.0658. The molecule has 1 aliphatic rings. The fourth-order valence-corrected chi connectivity index (χ4v) is 2.33. The number of amides is 1. The van der Waals surface area contributed by atoms with E-state index in [1.807, 2.05) is 0 Å². The van der Waals surface area contributed by atoms with E-state index < -0.39 is 5.97 Å². The Hall–Kier alpha value is -1.14. The number of hydrogen-bond donors (Lipinski definition) is 2. The molecule has 1 rings (SSSR count). The van der Waals surface area contributed by atoms with E-state index in [1.165, 1.54) is 0 Å². The summed E-state index contributed by atoms with van der Waals surface area (Å²) in [5, 5.41) is 11.5. The van der Waals surface area contributed by atoms with Gasteiger partial charge in [-0.25, -0.2) is 0 Å². The van der Waals surface area contributed by atoms with Crippen molar-refractivity contribution >= 4 is 11.9 Å². The third-order valence-electron chi connectivity index (χ3n) is 3.87. The molecule has 0 radical (unpaired) electrons. The summed E-state index contributed by atoms with van der Waals surface area (Å²) in [6.45, 7) is 9.00. The Morgan fingerprint density at radius 3 is 2.30 bits per heavy atom. The van der Waals surface area contributed by atoms with Gasteiger partial charge in [0.2, 0.25) is 5.91 Å². The smallest absolute Gasteiger partial charge is 0.303 e. The summed E-state index contributed by atoms with van der Waals surface area (Å²) in [4.78, 5) is 26.8. The number of piperazine rings is 1. The van der Waals surface area contributed by atoms with E-state index in [4.69, 9.17) is 5.11 Å². The Kier molecular flexibility index (Phi) is 6.42. The second-order valence-electron chi connectivity index (χ2n) is 6.13. The van der Waals surface area contributed by atoms with Gasteiger partial charge in [0.15, 0.2) is 0 Å². The van der Waals surface area contributed by atoms with Gasteiger partial charge in [-0.15, -0.1) is 0 Å². The molecule has 0 aromatic carbocycles. The Bertz CT molecular complexity index is 337. The standard InChI is InChI=1S/C14H27N3O3/c1-14(2,17-9-7-16(3)8-10-17)11-15-12(18)5-4-6-13(19)20/h4-11H2,1-3H3,(H,15,18)(H,19,20). The first kappa shape index (κ1) is 16.9. The number of nitrogens with zero attached hydrogens (tertiary/aromatic N) is 2. The van der Waals surface area contributed by atoms with E-state index in [9.17, 15) is 9.59 Å². The molecule has 6 heteroatoms. The fourth-order valence-electron chi connectivity index (χ4n) is 2.33.